The third-order valence-electron chi connectivity index (χ3n) is 6.70. The van der Waals surface area contributed by atoms with Crippen molar-refractivity contribution in [1.29, 1.82) is 0 Å². The Morgan fingerprint density at radius 2 is 1.74 bits per heavy atom. The second-order valence-corrected chi connectivity index (χ2v) is 8.84. The smallest absolute Gasteiger partial charge is 0.213 e. The van der Waals surface area contributed by atoms with Gasteiger partial charge in [0.1, 0.15) is 5.75 Å². The van der Waals surface area contributed by atoms with Crippen LogP contribution in [0, 0.1) is 12.3 Å². The molecule has 0 amide bonds. The lowest BCUT2D eigenvalue weighted by Crippen LogP contribution is -2.43. The molecule has 2 fully saturated rings. The highest BCUT2D eigenvalue weighted by atomic mass is 16.7. The van der Waals surface area contributed by atoms with Crippen LogP contribution in [0.5, 0.6) is 5.75 Å². The molecule has 0 radical (unpaired) electrons. The summed E-state index contributed by atoms with van der Waals surface area (Å²) in [5, 5.41) is 3.75. The zero-order valence-corrected chi connectivity index (χ0v) is 16.2. The van der Waals surface area contributed by atoms with E-state index in [1.54, 1.807) is 0 Å². The lowest BCUT2D eigenvalue weighted by atomic mass is 9.71. The summed E-state index contributed by atoms with van der Waals surface area (Å²) < 4.78 is 13.0. The van der Waals surface area contributed by atoms with Crippen molar-refractivity contribution >= 4 is 5.69 Å². The van der Waals surface area contributed by atoms with Crippen LogP contribution in [0.2, 0.25) is 0 Å². The minimum absolute atomic E-state index is 0.205. The highest BCUT2D eigenvalue weighted by Gasteiger charge is 2.54. The van der Waals surface area contributed by atoms with E-state index in [0.717, 1.165) is 30.9 Å². The third-order valence-corrected chi connectivity index (χ3v) is 6.70. The van der Waals surface area contributed by atoms with Crippen molar-refractivity contribution in [2.45, 2.75) is 63.7 Å². The average Bonchev–Trinajstić information content (AvgIpc) is 3.01. The number of hydrogen-bond acceptors (Lipinski definition) is 3. The molecule has 142 valence electrons. The Morgan fingerprint density at radius 1 is 0.963 bits per heavy atom. The number of fused-ring (bicyclic) bond motifs is 1. The molecule has 2 aromatic carbocycles. The van der Waals surface area contributed by atoms with Gasteiger partial charge in [0.2, 0.25) is 5.79 Å². The van der Waals surface area contributed by atoms with Crippen molar-refractivity contribution in [3.8, 4) is 5.75 Å². The molecule has 3 aliphatic rings. The molecule has 3 heteroatoms. The van der Waals surface area contributed by atoms with Crippen molar-refractivity contribution < 1.29 is 9.47 Å². The minimum atomic E-state index is -0.478. The molecule has 1 saturated carbocycles. The first-order valence-electron chi connectivity index (χ1n) is 10.4. The Morgan fingerprint density at radius 3 is 2.56 bits per heavy atom. The van der Waals surface area contributed by atoms with Gasteiger partial charge < -0.3 is 14.8 Å². The Labute approximate surface area is 162 Å². The van der Waals surface area contributed by atoms with Crippen LogP contribution >= 0.6 is 0 Å². The average molecular weight is 364 g/mol. The van der Waals surface area contributed by atoms with E-state index in [1.165, 1.54) is 43.2 Å². The van der Waals surface area contributed by atoms with Crippen LogP contribution < -0.4 is 10.1 Å². The number of aryl methyl sites for hydroxylation is 1. The van der Waals surface area contributed by atoms with Gasteiger partial charge in [-0.2, -0.15) is 0 Å². The van der Waals surface area contributed by atoms with E-state index < -0.39 is 5.79 Å². The van der Waals surface area contributed by atoms with Crippen molar-refractivity contribution in [2.24, 2.45) is 5.41 Å². The van der Waals surface area contributed by atoms with Gasteiger partial charge in [-0.25, -0.2) is 0 Å². The number of para-hydroxylation sites is 1. The highest BCUT2D eigenvalue weighted by Crippen LogP contribution is 2.54. The summed E-state index contributed by atoms with van der Waals surface area (Å²) in [6.45, 7) is 2.98. The van der Waals surface area contributed by atoms with Gasteiger partial charge in [-0.15, -0.1) is 0 Å². The van der Waals surface area contributed by atoms with E-state index in [9.17, 15) is 0 Å². The lowest BCUT2D eigenvalue weighted by Gasteiger charge is -2.41. The topological polar surface area (TPSA) is 30.5 Å². The second-order valence-electron chi connectivity index (χ2n) is 8.84. The Kier molecular flexibility index (Phi) is 4.16. The molecule has 2 unspecified atom stereocenters. The van der Waals surface area contributed by atoms with Crippen LogP contribution in [0.15, 0.2) is 48.5 Å². The van der Waals surface area contributed by atoms with Crippen molar-refractivity contribution in [2.75, 3.05) is 11.9 Å². The van der Waals surface area contributed by atoms with Crippen LogP contribution in [-0.4, -0.2) is 12.4 Å². The van der Waals surface area contributed by atoms with E-state index in [0.29, 0.717) is 5.41 Å². The summed E-state index contributed by atoms with van der Waals surface area (Å²) >= 11 is 0. The Hall–Kier alpha value is -2.00. The van der Waals surface area contributed by atoms with E-state index in [1.807, 2.05) is 0 Å². The molecular formula is C24H29NO2. The monoisotopic (exact) mass is 363 g/mol. The van der Waals surface area contributed by atoms with Crippen LogP contribution in [0.3, 0.4) is 0 Å². The first-order chi connectivity index (χ1) is 13.2. The van der Waals surface area contributed by atoms with Gasteiger partial charge in [-0.3, -0.25) is 0 Å². The second kappa shape index (κ2) is 6.56. The van der Waals surface area contributed by atoms with Gasteiger partial charge in [0.25, 0.3) is 0 Å². The van der Waals surface area contributed by atoms with E-state index >= 15 is 0 Å². The van der Waals surface area contributed by atoms with Gasteiger partial charge in [0.15, 0.2) is 0 Å². The van der Waals surface area contributed by atoms with Gasteiger partial charge >= 0.3 is 0 Å². The molecule has 3 nitrogen and oxygen atoms in total. The Bertz CT molecular complexity index is 809. The summed E-state index contributed by atoms with van der Waals surface area (Å²) in [6.07, 6.45) is 8.50. The standard InChI is InChI=1S/C24H29NO2/c1-18-9-11-19(12-10-18)25-21-15-24(27-22-8-4-3-7-20(21)22)16-23(17-26-24)13-5-2-6-14-23/h3-4,7-12,21,25H,2,5-6,13-17H2,1H3. The molecule has 0 bridgehead atoms. The summed E-state index contributed by atoms with van der Waals surface area (Å²) in [5.74, 6) is 0.495. The minimum Gasteiger partial charge on any atom is -0.462 e. The maximum Gasteiger partial charge on any atom is 0.213 e. The fraction of sp³-hybridized carbons (Fsp3) is 0.500. The molecule has 1 N–H and O–H groups in total. The number of anilines is 1. The molecule has 2 spiro atoms. The molecular weight excluding hydrogens is 334 g/mol. The summed E-state index contributed by atoms with van der Waals surface area (Å²) in [5.41, 5.74) is 4.00. The molecule has 0 aromatic heterocycles. The van der Waals surface area contributed by atoms with E-state index in [2.05, 4.69) is 60.8 Å². The van der Waals surface area contributed by atoms with E-state index in [4.69, 9.17) is 9.47 Å². The van der Waals surface area contributed by atoms with Crippen LogP contribution in [0.1, 0.15) is 62.1 Å². The summed E-state index contributed by atoms with van der Waals surface area (Å²) in [4.78, 5) is 0. The first kappa shape index (κ1) is 17.1. The Balaban J connectivity index is 1.44. The number of benzene rings is 2. The molecule has 27 heavy (non-hydrogen) atoms. The molecule has 2 heterocycles. The lowest BCUT2D eigenvalue weighted by molar-refractivity contribution is -0.164. The fourth-order valence-corrected chi connectivity index (χ4v) is 5.28. The molecule has 2 aliphatic heterocycles. The zero-order valence-electron chi connectivity index (χ0n) is 16.2. The molecule has 1 saturated heterocycles. The van der Waals surface area contributed by atoms with Crippen LogP contribution in [0.4, 0.5) is 5.69 Å². The number of rotatable bonds is 2. The zero-order chi connectivity index (χ0) is 18.3. The van der Waals surface area contributed by atoms with E-state index in [-0.39, 0.29) is 6.04 Å². The highest BCUT2D eigenvalue weighted by molar-refractivity contribution is 5.50. The van der Waals surface area contributed by atoms with Crippen LogP contribution in [-0.2, 0) is 4.74 Å². The summed E-state index contributed by atoms with van der Waals surface area (Å²) in [6, 6.07) is 17.3. The quantitative estimate of drug-likeness (QED) is 0.710. The molecule has 1 aliphatic carbocycles. The molecule has 5 rings (SSSR count). The number of ether oxygens (including phenoxy) is 2. The normalized spacial score (nSPS) is 28.7. The predicted molar refractivity (Wildman–Crippen MR) is 108 cm³/mol. The number of hydrogen-bond donors (Lipinski definition) is 1. The van der Waals surface area contributed by atoms with Crippen LogP contribution in [0.25, 0.3) is 0 Å². The third kappa shape index (κ3) is 3.23. The van der Waals surface area contributed by atoms with Gasteiger partial charge in [-0.1, -0.05) is 55.2 Å². The number of nitrogens with one attached hydrogen (secondary N) is 1. The van der Waals surface area contributed by atoms with Gasteiger partial charge in [0.05, 0.1) is 12.6 Å². The molecule has 2 aromatic rings. The first-order valence-corrected chi connectivity index (χ1v) is 10.4. The van der Waals surface area contributed by atoms with Crippen molar-refractivity contribution in [1.82, 2.24) is 0 Å². The fourth-order valence-electron chi connectivity index (χ4n) is 5.28. The van der Waals surface area contributed by atoms with Gasteiger partial charge in [0, 0.05) is 29.5 Å². The maximum atomic E-state index is 6.53. The van der Waals surface area contributed by atoms with Crippen molar-refractivity contribution in [3.63, 3.8) is 0 Å². The maximum absolute atomic E-state index is 6.53. The molecule has 2 atom stereocenters. The SMILES string of the molecule is Cc1ccc(NC2CC3(CC4(CCCCC4)CO3)Oc3ccccc32)cc1. The summed E-state index contributed by atoms with van der Waals surface area (Å²) in [7, 11) is 0. The predicted octanol–water partition coefficient (Wildman–Crippen LogP) is 6.00. The van der Waals surface area contributed by atoms with Crippen molar-refractivity contribution in [3.05, 3.63) is 59.7 Å². The van der Waals surface area contributed by atoms with Gasteiger partial charge in [-0.05, 0) is 38.0 Å². The largest absolute Gasteiger partial charge is 0.462 e.